The zero-order valence-corrected chi connectivity index (χ0v) is 11.7. The maximum atomic E-state index is 5.23. The summed E-state index contributed by atoms with van der Waals surface area (Å²) in [6.45, 7) is 6.51. The molecule has 0 saturated carbocycles. The lowest BCUT2D eigenvalue weighted by Crippen LogP contribution is -2.16. The topological polar surface area (TPSA) is 52.0 Å². The first-order valence-corrected chi connectivity index (χ1v) is 6.46. The Balaban J connectivity index is 1.96. The van der Waals surface area contributed by atoms with Gasteiger partial charge in [0.2, 0.25) is 5.88 Å². The molecule has 0 atom stereocenters. The molecule has 0 saturated heterocycles. The van der Waals surface area contributed by atoms with Crippen LogP contribution in [0.5, 0.6) is 5.88 Å². The second-order valence-corrected chi connectivity index (χ2v) is 4.37. The number of ether oxygens (including phenoxy) is 1. The van der Waals surface area contributed by atoms with Crippen molar-refractivity contribution in [3.63, 3.8) is 0 Å². The SMILES string of the molecule is CCn1nc(C)cc1CNCc1cccnc1OC. The molecule has 0 bridgehead atoms. The average Bonchev–Trinajstić information content (AvgIpc) is 2.79. The lowest BCUT2D eigenvalue weighted by Gasteiger charge is -2.09. The highest BCUT2D eigenvalue weighted by Crippen LogP contribution is 2.13. The third-order valence-electron chi connectivity index (χ3n) is 2.95. The largest absolute Gasteiger partial charge is 0.481 e. The monoisotopic (exact) mass is 260 g/mol. The van der Waals surface area contributed by atoms with Crippen LogP contribution in [0.25, 0.3) is 0 Å². The number of hydrogen-bond acceptors (Lipinski definition) is 4. The number of nitrogens with zero attached hydrogens (tertiary/aromatic N) is 3. The van der Waals surface area contributed by atoms with E-state index in [0.717, 1.165) is 30.9 Å². The molecule has 5 nitrogen and oxygen atoms in total. The third-order valence-corrected chi connectivity index (χ3v) is 2.95. The van der Waals surface area contributed by atoms with Gasteiger partial charge in [-0.05, 0) is 26.0 Å². The number of hydrogen-bond donors (Lipinski definition) is 1. The van der Waals surface area contributed by atoms with Crippen LogP contribution >= 0.6 is 0 Å². The molecule has 0 aliphatic carbocycles. The Bertz CT molecular complexity index is 536. The summed E-state index contributed by atoms with van der Waals surface area (Å²) in [5, 5.41) is 7.83. The molecule has 0 amide bonds. The summed E-state index contributed by atoms with van der Waals surface area (Å²) < 4.78 is 7.25. The molecule has 2 heterocycles. The molecule has 2 aromatic rings. The van der Waals surface area contributed by atoms with Crippen LogP contribution in [-0.2, 0) is 19.6 Å². The second-order valence-electron chi connectivity index (χ2n) is 4.37. The van der Waals surface area contributed by atoms with Crippen molar-refractivity contribution in [2.24, 2.45) is 0 Å². The van der Waals surface area contributed by atoms with Gasteiger partial charge in [0.1, 0.15) is 0 Å². The molecular formula is C14H20N4O. The van der Waals surface area contributed by atoms with E-state index >= 15 is 0 Å². The van der Waals surface area contributed by atoms with Gasteiger partial charge in [0.05, 0.1) is 18.5 Å². The summed E-state index contributed by atoms with van der Waals surface area (Å²) in [5.41, 5.74) is 3.31. The fourth-order valence-electron chi connectivity index (χ4n) is 2.08. The van der Waals surface area contributed by atoms with Crippen molar-refractivity contribution in [2.45, 2.75) is 33.5 Å². The highest BCUT2D eigenvalue weighted by Gasteiger charge is 2.05. The highest BCUT2D eigenvalue weighted by atomic mass is 16.5. The van der Waals surface area contributed by atoms with E-state index in [0.29, 0.717) is 5.88 Å². The molecule has 0 radical (unpaired) electrons. The van der Waals surface area contributed by atoms with Crippen molar-refractivity contribution < 1.29 is 4.74 Å². The summed E-state index contributed by atoms with van der Waals surface area (Å²) in [6.07, 6.45) is 1.73. The van der Waals surface area contributed by atoms with Gasteiger partial charge in [0.15, 0.2) is 0 Å². The zero-order chi connectivity index (χ0) is 13.7. The normalized spacial score (nSPS) is 10.7. The van der Waals surface area contributed by atoms with Crippen LogP contribution in [-0.4, -0.2) is 21.9 Å². The summed E-state index contributed by atoms with van der Waals surface area (Å²) in [6, 6.07) is 6.04. The van der Waals surface area contributed by atoms with E-state index < -0.39 is 0 Å². The van der Waals surface area contributed by atoms with E-state index in [9.17, 15) is 0 Å². The van der Waals surface area contributed by atoms with Crippen LogP contribution in [0.1, 0.15) is 23.9 Å². The van der Waals surface area contributed by atoms with Gasteiger partial charge in [0, 0.05) is 31.4 Å². The minimum Gasteiger partial charge on any atom is -0.481 e. The van der Waals surface area contributed by atoms with Gasteiger partial charge in [0.25, 0.3) is 0 Å². The van der Waals surface area contributed by atoms with E-state index in [1.807, 2.05) is 23.7 Å². The summed E-state index contributed by atoms with van der Waals surface area (Å²) in [5.74, 6) is 0.676. The van der Waals surface area contributed by atoms with Crippen molar-refractivity contribution in [3.8, 4) is 5.88 Å². The standard InChI is InChI=1S/C14H20N4O/c1-4-18-13(8-11(2)17-18)10-15-9-12-6-5-7-16-14(12)19-3/h5-8,15H,4,9-10H2,1-3H3. The number of nitrogens with one attached hydrogen (secondary N) is 1. The van der Waals surface area contributed by atoms with Gasteiger partial charge in [-0.25, -0.2) is 4.98 Å². The highest BCUT2D eigenvalue weighted by molar-refractivity contribution is 5.25. The minimum atomic E-state index is 0.676. The van der Waals surface area contributed by atoms with Gasteiger partial charge in [-0.2, -0.15) is 5.10 Å². The molecule has 0 unspecified atom stereocenters. The molecule has 0 aliphatic heterocycles. The van der Waals surface area contributed by atoms with Crippen LogP contribution < -0.4 is 10.1 Å². The molecule has 0 fully saturated rings. The molecule has 5 heteroatoms. The Labute approximate surface area is 113 Å². The second kappa shape index (κ2) is 6.33. The number of rotatable bonds is 6. The lowest BCUT2D eigenvalue weighted by molar-refractivity contribution is 0.390. The third kappa shape index (κ3) is 3.32. The first-order valence-electron chi connectivity index (χ1n) is 6.46. The molecule has 19 heavy (non-hydrogen) atoms. The Morgan fingerprint density at radius 1 is 1.37 bits per heavy atom. The van der Waals surface area contributed by atoms with Crippen molar-refractivity contribution in [1.29, 1.82) is 0 Å². The van der Waals surface area contributed by atoms with Crippen LogP contribution in [0.2, 0.25) is 0 Å². The minimum absolute atomic E-state index is 0.676. The summed E-state index contributed by atoms with van der Waals surface area (Å²) >= 11 is 0. The molecule has 0 spiro atoms. The predicted molar refractivity (Wildman–Crippen MR) is 74.0 cm³/mol. The van der Waals surface area contributed by atoms with Crippen LogP contribution in [0.3, 0.4) is 0 Å². The average molecular weight is 260 g/mol. The van der Waals surface area contributed by atoms with Gasteiger partial charge in [-0.3, -0.25) is 4.68 Å². The van der Waals surface area contributed by atoms with E-state index in [-0.39, 0.29) is 0 Å². The van der Waals surface area contributed by atoms with Gasteiger partial charge < -0.3 is 10.1 Å². The Kier molecular flexibility index (Phi) is 4.52. The molecule has 2 rings (SSSR count). The molecule has 102 valence electrons. The maximum absolute atomic E-state index is 5.23. The molecular weight excluding hydrogens is 240 g/mol. The molecule has 0 aliphatic rings. The fourth-order valence-corrected chi connectivity index (χ4v) is 2.08. The molecule has 2 aromatic heterocycles. The van der Waals surface area contributed by atoms with Gasteiger partial charge in [-0.1, -0.05) is 6.07 Å². The Morgan fingerprint density at radius 3 is 2.95 bits per heavy atom. The van der Waals surface area contributed by atoms with Crippen LogP contribution in [0, 0.1) is 6.92 Å². The zero-order valence-electron chi connectivity index (χ0n) is 11.7. The van der Waals surface area contributed by atoms with Gasteiger partial charge >= 0.3 is 0 Å². The number of aryl methyl sites for hydroxylation is 2. The van der Waals surface area contributed by atoms with Crippen LogP contribution in [0.15, 0.2) is 24.4 Å². The molecule has 0 aromatic carbocycles. The van der Waals surface area contributed by atoms with E-state index in [1.54, 1.807) is 13.3 Å². The summed E-state index contributed by atoms with van der Waals surface area (Å²) in [7, 11) is 1.64. The Hall–Kier alpha value is -1.88. The molecule has 1 N–H and O–H groups in total. The maximum Gasteiger partial charge on any atom is 0.217 e. The van der Waals surface area contributed by atoms with Gasteiger partial charge in [-0.15, -0.1) is 0 Å². The Morgan fingerprint density at radius 2 is 2.21 bits per heavy atom. The van der Waals surface area contributed by atoms with E-state index in [4.69, 9.17) is 4.74 Å². The van der Waals surface area contributed by atoms with Crippen LogP contribution in [0.4, 0.5) is 0 Å². The number of methoxy groups -OCH3 is 1. The van der Waals surface area contributed by atoms with Crippen molar-refractivity contribution in [3.05, 3.63) is 41.3 Å². The lowest BCUT2D eigenvalue weighted by atomic mass is 10.2. The predicted octanol–water partition coefficient (Wildman–Crippen LogP) is 1.90. The van der Waals surface area contributed by atoms with E-state index in [1.165, 1.54) is 5.69 Å². The van der Waals surface area contributed by atoms with Crippen molar-refractivity contribution in [1.82, 2.24) is 20.1 Å². The first-order chi connectivity index (χ1) is 9.24. The smallest absolute Gasteiger partial charge is 0.217 e. The quantitative estimate of drug-likeness (QED) is 0.862. The van der Waals surface area contributed by atoms with Crippen molar-refractivity contribution in [2.75, 3.05) is 7.11 Å². The van der Waals surface area contributed by atoms with Crippen molar-refractivity contribution >= 4 is 0 Å². The summed E-state index contributed by atoms with van der Waals surface area (Å²) in [4.78, 5) is 4.18. The first kappa shape index (κ1) is 13.5. The van der Waals surface area contributed by atoms with E-state index in [2.05, 4.69) is 28.4 Å². The number of pyridine rings is 1. The fraction of sp³-hybridized carbons (Fsp3) is 0.429. The number of aromatic nitrogens is 3.